The number of hydrogen-bond acceptors (Lipinski definition) is 5. The van der Waals surface area contributed by atoms with Gasteiger partial charge in [0.25, 0.3) is 0 Å². The second-order valence-electron chi connectivity index (χ2n) is 6.30. The number of aliphatic hydroxyl groups excluding tert-OH is 1. The molecule has 5 nitrogen and oxygen atoms in total. The summed E-state index contributed by atoms with van der Waals surface area (Å²) >= 11 is 0. The van der Waals surface area contributed by atoms with Gasteiger partial charge < -0.3 is 19.7 Å². The van der Waals surface area contributed by atoms with E-state index in [2.05, 4.69) is 24.3 Å². The first-order chi connectivity index (χ1) is 9.81. The van der Waals surface area contributed by atoms with Gasteiger partial charge in [0.1, 0.15) is 5.76 Å². The molecule has 0 fully saturated rings. The second-order valence-corrected chi connectivity index (χ2v) is 6.30. The van der Waals surface area contributed by atoms with Crippen LogP contribution in [0.5, 0.6) is 0 Å². The maximum Gasteiger partial charge on any atom is 0.138 e. The van der Waals surface area contributed by atoms with Crippen molar-refractivity contribution in [3.63, 3.8) is 0 Å². The third-order valence-corrected chi connectivity index (χ3v) is 3.56. The van der Waals surface area contributed by atoms with Gasteiger partial charge in [-0.1, -0.05) is 19.0 Å². The highest BCUT2D eigenvalue weighted by Crippen LogP contribution is 2.20. The quantitative estimate of drug-likeness (QED) is 0.734. The van der Waals surface area contributed by atoms with Crippen LogP contribution in [0.3, 0.4) is 0 Å². The molecule has 3 atom stereocenters. The lowest BCUT2D eigenvalue weighted by atomic mass is 10.1. The SMILES string of the molecule is Cc1noc(C)c1C(C)NCC(O)COC(C)CC(C)C. The highest BCUT2D eigenvalue weighted by Gasteiger charge is 2.17. The summed E-state index contributed by atoms with van der Waals surface area (Å²) in [4.78, 5) is 0. The van der Waals surface area contributed by atoms with Crippen molar-refractivity contribution in [3.05, 3.63) is 17.0 Å². The summed E-state index contributed by atoms with van der Waals surface area (Å²) in [5.41, 5.74) is 1.96. The molecule has 0 saturated carbocycles. The van der Waals surface area contributed by atoms with Crippen LogP contribution in [0.25, 0.3) is 0 Å². The van der Waals surface area contributed by atoms with E-state index in [9.17, 15) is 5.11 Å². The molecule has 1 heterocycles. The fourth-order valence-corrected chi connectivity index (χ4v) is 2.59. The first-order valence-corrected chi connectivity index (χ1v) is 7.77. The zero-order chi connectivity index (χ0) is 16.0. The summed E-state index contributed by atoms with van der Waals surface area (Å²) in [6.45, 7) is 13.1. The third kappa shape index (κ3) is 6.16. The number of nitrogens with one attached hydrogen (secondary N) is 1. The average Bonchev–Trinajstić information content (AvgIpc) is 2.72. The predicted octanol–water partition coefficient (Wildman–Crippen LogP) is 2.75. The van der Waals surface area contributed by atoms with Crippen LogP contribution in [-0.4, -0.2) is 35.6 Å². The number of rotatable bonds is 9. The molecule has 0 saturated heterocycles. The molecular formula is C16H30N2O3. The van der Waals surface area contributed by atoms with Crippen LogP contribution in [0, 0.1) is 19.8 Å². The van der Waals surface area contributed by atoms with Gasteiger partial charge in [-0.25, -0.2) is 0 Å². The van der Waals surface area contributed by atoms with Crippen molar-refractivity contribution >= 4 is 0 Å². The van der Waals surface area contributed by atoms with Crippen molar-refractivity contribution in [2.24, 2.45) is 5.92 Å². The topological polar surface area (TPSA) is 67.5 Å². The minimum Gasteiger partial charge on any atom is -0.389 e. The molecular weight excluding hydrogens is 268 g/mol. The highest BCUT2D eigenvalue weighted by atomic mass is 16.5. The van der Waals surface area contributed by atoms with Crippen molar-refractivity contribution in [2.45, 2.75) is 66.2 Å². The van der Waals surface area contributed by atoms with Gasteiger partial charge in [-0.15, -0.1) is 0 Å². The average molecular weight is 298 g/mol. The zero-order valence-corrected chi connectivity index (χ0v) is 14.1. The van der Waals surface area contributed by atoms with Crippen LogP contribution in [0.2, 0.25) is 0 Å². The minimum atomic E-state index is -0.512. The van der Waals surface area contributed by atoms with Gasteiger partial charge in [-0.05, 0) is 40.0 Å². The lowest BCUT2D eigenvalue weighted by Gasteiger charge is -2.20. The molecule has 0 amide bonds. The van der Waals surface area contributed by atoms with E-state index in [1.165, 1.54) is 0 Å². The second kappa shape index (κ2) is 8.51. The molecule has 0 aromatic carbocycles. The Bertz CT molecular complexity index is 398. The summed E-state index contributed by atoms with van der Waals surface area (Å²) in [6, 6.07) is 0.0963. The summed E-state index contributed by atoms with van der Waals surface area (Å²) in [7, 11) is 0. The zero-order valence-electron chi connectivity index (χ0n) is 14.1. The highest BCUT2D eigenvalue weighted by molar-refractivity contribution is 5.24. The lowest BCUT2D eigenvalue weighted by Crippen LogP contribution is -2.33. The number of aliphatic hydroxyl groups is 1. The summed E-state index contributed by atoms with van der Waals surface area (Å²) in [5.74, 6) is 1.43. The van der Waals surface area contributed by atoms with Crippen LogP contribution >= 0.6 is 0 Å². The largest absolute Gasteiger partial charge is 0.389 e. The fourth-order valence-electron chi connectivity index (χ4n) is 2.59. The number of ether oxygens (including phenoxy) is 1. The number of nitrogens with zero attached hydrogens (tertiary/aromatic N) is 1. The Hall–Kier alpha value is -0.910. The van der Waals surface area contributed by atoms with Gasteiger partial charge in [0, 0.05) is 18.2 Å². The third-order valence-electron chi connectivity index (χ3n) is 3.56. The smallest absolute Gasteiger partial charge is 0.138 e. The molecule has 0 radical (unpaired) electrons. The molecule has 2 N–H and O–H groups in total. The van der Waals surface area contributed by atoms with E-state index in [1.807, 2.05) is 27.7 Å². The minimum absolute atomic E-state index is 0.0963. The van der Waals surface area contributed by atoms with Crippen LogP contribution < -0.4 is 5.32 Å². The molecule has 1 aromatic rings. The van der Waals surface area contributed by atoms with Gasteiger partial charge in [0.2, 0.25) is 0 Å². The summed E-state index contributed by atoms with van der Waals surface area (Å²) in [5, 5.41) is 17.2. The van der Waals surface area contributed by atoms with Crippen molar-refractivity contribution in [1.29, 1.82) is 0 Å². The van der Waals surface area contributed by atoms with Gasteiger partial charge in [-0.2, -0.15) is 0 Å². The molecule has 122 valence electrons. The fraction of sp³-hybridized carbons (Fsp3) is 0.812. The first-order valence-electron chi connectivity index (χ1n) is 7.77. The van der Waals surface area contributed by atoms with Crippen LogP contribution in [-0.2, 0) is 4.74 Å². The molecule has 0 spiro atoms. The van der Waals surface area contributed by atoms with Gasteiger partial charge in [0.05, 0.1) is 24.5 Å². The maximum atomic E-state index is 9.99. The Kier molecular flexibility index (Phi) is 7.35. The Morgan fingerprint density at radius 2 is 1.90 bits per heavy atom. The Morgan fingerprint density at radius 3 is 2.43 bits per heavy atom. The van der Waals surface area contributed by atoms with E-state index in [1.54, 1.807) is 0 Å². The van der Waals surface area contributed by atoms with Crippen LogP contribution in [0.4, 0.5) is 0 Å². The molecule has 1 aromatic heterocycles. The molecule has 3 unspecified atom stereocenters. The molecule has 21 heavy (non-hydrogen) atoms. The van der Waals surface area contributed by atoms with E-state index in [4.69, 9.17) is 9.26 Å². The Labute approximate surface area is 128 Å². The van der Waals surface area contributed by atoms with Crippen molar-refractivity contribution < 1.29 is 14.4 Å². The molecule has 1 rings (SSSR count). The van der Waals surface area contributed by atoms with Crippen molar-refractivity contribution in [2.75, 3.05) is 13.2 Å². The van der Waals surface area contributed by atoms with Crippen molar-refractivity contribution in [3.8, 4) is 0 Å². The number of aromatic nitrogens is 1. The monoisotopic (exact) mass is 298 g/mol. The molecule has 0 aliphatic carbocycles. The van der Waals surface area contributed by atoms with E-state index < -0.39 is 6.10 Å². The van der Waals surface area contributed by atoms with E-state index in [0.717, 1.165) is 23.4 Å². The number of aryl methyl sites for hydroxylation is 2. The van der Waals surface area contributed by atoms with Gasteiger partial charge in [-0.3, -0.25) is 0 Å². The van der Waals surface area contributed by atoms with Crippen molar-refractivity contribution in [1.82, 2.24) is 10.5 Å². The summed E-state index contributed by atoms with van der Waals surface area (Å²) < 4.78 is 10.8. The van der Waals surface area contributed by atoms with E-state index in [0.29, 0.717) is 19.1 Å². The van der Waals surface area contributed by atoms with Crippen LogP contribution in [0.15, 0.2) is 4.52 Å². The number of hydrogen-bond donors (Lipinski definition) is 2. The van der Waals surface area contributed by atoms with Gasteiger partial charge in [0.15, 0.2) is 0 Å². The first kappa shape index (κ1) is 18.1. The molecule has 5 heteroatoms. The Morgan fingerprint density at radius 1 is 1.24 bits per heavy atom. The maximum absolute atomic E-state index is 9.99. The summed E-state index contributed by atoms with van der Waals surface area (Å²) in [6.07, 6.45) is 0.678. The van der Waals surface area contributed by atoms with Crippen LogP contribution in [0.1, 0.15) is 57.2 Å². The Balaban J connectivity index is 2.31. The normalized spacial score (nSPS) is 16.2. The van der Waals surface area contributed by atoms with Gasteiger partial charge >= 0.3 is 0 Å². The van der Waals surface area contributed by atoms with E-state index >= 15 is 0 Å². The predicted molar refractivity (Wildman–Crippen MR) is 83.3 cm³/mol. The standard InChI is InChI=1S/C16H30N2O3/c1-10(2)7-11(3)20-9-15(19)8-17-12(4)16-13(5)18-21-14(16)6/h10-12,15,17,19H,7-9H2,1-6H3. The molecule has 0 bridgehead atoms. The molecule has 0 aliphatic heterocycles. The lowest BCUT2D eigenvalue weighted by molar-refractivity contribution is -0.00915. The van der Waals surface area contributed by atoms with E-state index in [-0.39, 0.29) is 12.1 Å². The molecule has 0 aliphatic rings.